The van der Waals surface area contributed by atoms with Gasteiger partial charge >= 0.3 is 6.36 Å². The number of ether oxygens (including phenoxy) is 5. The highest BCUT2D eigenvalue weighted by atomic mass is 19.4. The number of aryl methyl sites for hydroxylation is 1. The second-order valence-electron chi connectivity index (χ2n) is 7.98. The van der Waals surface area contributed by atoms with E-state index in [1.54, 1.807) is 12.1 Å². The molecule has 2 aliphatic heterocycles. The molecule has 0 aliphatic carbocycles. The van der Waals surface area contributed by atoms with E-state index >= 15 is 0 Å². The van der Waals surface area contributed by atoms with Crippen LogP contribution in [0.15, 0.2) is 24.3 Å². The van der Waals surface area contributed by atoms with Crippen molar-refractivity contribution >= 4 is 0 Å². The zero-order valence-electron chi connectivity index (χ0n) is 17.4. The second kappa shape index (κ2) is 11.3. The standard InChI is InChI=1S/C22H31F3O5/c1-2-3-4-5-17-12-28-21(29-13-17)18-14-26-20(27-15-18)11-8-16-6-9-19(10-7-16)30-22(23,24)25/h6-7,9-10,17-18,20-21H,2-5,8,11-15H2,1H3. The highest BCUT2D eigenvalue weighted by Gasteiger charge is 2.33. The highest BCUT2D eigenvalue weighted by Crippen LogP contribution is 2.26. The predicted molar refractivity (Wildman–Crippen MR) is 104 cm³/mol. The minimum atomic E-state index is -4.68. The van der Waals surface area contributed by atoms with E-state index in [0.29, 0.717) is 32.0 Å². The fourth-order valence-corrected chi connectivity index (χ4v) is 3.70. The first kappa shape index (κ1) is 23.3. The molecule has 0 aromatic heterocycles. The first-order chi connectivity index (χ1) is 14.4. The van der Waals surface area contributed by atoms with Crippen molar-refractivity contribution in [2.45, 2.75) is 64.4 Å². The maximum atomic E-state index is 12.2. The highest BCUT2D eigenvalue weighted by molar-refractivity contribution is 5.27. The fourth-order valence-electron chi connectivity index (χ4n) is 3.70. The molecule has 1 aromatic carbocycles. The van der Waals surface area contributed by atoms with Crippen molar-refractivity contribution in [2.24, 2.45) is 11.8 Å². The SMILES string of the molecule is CCCCCC1COC(C2COC(CCc3ccc(OC(F)(F)F)cc3)OC2)OC1. The summed E-state index contributed by atoms with van der Waals surface area (Å²) in [5, 5.41) is 0. The van der Waals surface area contributed by atoms with Gasteiger partial charge in [-0.15, -0.1) is 13.2 Å². The Balaban J connectivity index is 1.32. The molecule has 3 rings (SSSR count). The van der Waals surface area contributed by atoms with Gasteiger partial charge in [-0.05, 0) is 30.5 Å². The Morgan fingerprint density at radius 2 is 1.57 bits per heavy atom. The first-order valence-electron chi connectivity index (χ1n) is 10.7. The molecule has 0 unspecified atom stereocenters. The Labute approximate surface area is 175 Å². The van der Waals surface area contributed by atoms with Crippen LogP contribution in [0.5, 0.6) is 5.75 Å². The molecule has 30 heavy (non-hydrogen) atoms. The van der Waals surface area contributed by atoms with Gasteiger partial charge in [0, 0.05) is 12.3 Å². The van der Waals surface area contributed by atoms with E-state index in [1.165, 1.54) is 31.4 Å². The van der Waals surface area contributed by atoms with Crippen LogP contribution in [0.1, 0.15) is 44.6 Å². The summed E-state index contributed by atoms with van der Waals surface area (Å²) in [6, 6.07) is 5.87. The maximum absolute atomic E-state index is 12.2. The van der Waals surface area contributed by atoms with Gasteiger partial charge in [-0.1, -0.05) is 38.3 Å². The number of halogens is 3. The lowest BCUT2D eigenvalue weighted by Crippen LogP contribution is -2.44. The summed E-state index contributed by atoms with van der Waals surface area (Å²) < 4.78 is 63.9. The summed E-state index contributed by atoms with van der Waals surface area (Å²) in [6.07, 6.45) is 0.785. The maximum Gasteiger partial charge on any atom is 0.573 e. The van der Waals surface area contributed by atoms with Crippen molar-refractivity contribution < 1.29 is 36.9 Å². The van der Waals surface area contributed by atoms with Gasteiger partial charge in [0.05, 0.1) is 32.3 Å². The fraction of sp³-hybridized carbons (Fsp3) is 0.727. The van der Waals surface area contributed by atoms with Crippen molar-refractivity contribution in [1.29, 1.82) is 0 Å². The number of unbranched alkanes of at least 4 members (excludes halogenated alkanes) is 2. The van der Waals surface area contributed by atoms with Crippen molar-refractivity contribution in [3.63, 3.8) is 0 Å². The average molecular weight is 432 g/mol. The quantitative estimate of drug-likeness (QED) is 0.510. The molecule has 1 aromatic rings. The molecule has 2 heterocycles. The molecule has 0 bridgehead atoms. The summed E-state index contributed by atoms with van der Waals surface area (Å²) >= 11 is 0. The van der Waals surface area contributed by atoms with Crippen molar-refractivity contribution in [3.05, 3.63) is 29.8 Å². The first-order valence-corrected chi connectivity index (χ1v) is 10.7. The van der Waals surface area contributed by atoms with E-state index in [0.717, 1.165) is 25.2 Å². The minimum Gasteiger partial charge on any atom is -0.406 e. The molecule has 0 radical (unpaired) electrons. The van der Waals surface area contributed by atoms with E-state index in [9.17, 15) is 13.2 Å². The third-order valence-electron chi connectivity index (χ3n) is 5.41. The molecule has 0 saturated carbocycles. The molecule has 2 aliphatic rings. The van der Waals surface area contributed by atoms with E-state index in [1.807, 2.05) is 0 Å². The van der Waals surface area contributed by atoms with E-state index < -0.39 is 6.36 Å². The Morgan fingerprint density at radius 3 is 2.17 bits per heavy atom. The molecule has 0 amide bonds. The van der Waals surface area contributed by atoms with Crippen LogP contribution in [0.4, 0.5) is 13.2 Å². The van der Waals surface area contributed by atoms with Gasteiger partial charge in [-0.3, -0.25) is 0 Å². The molecule has 8 heteroatoms. The predicted octanol–water partition coefficient (Wildman–Crippen LogP) is 5.08. The van der Waals surface area contributed by atoms with Crippen LogP contribution in [-0.2, 0) is 25.4 Å². The topological polar surface area (TPSA) is 46.2 Å². The lowest BCUT2D eigenvalue weighted by molar-refractivity contribution is -0.281. The molecular weight excluding hydrogens is 401 g/mol. The minimum absolute atomic E-state index is 0.0524. The average Bonchev–Trinajstić information content (AvgIpc) is 2.73. The Kier molecular flexibility index (Phi) is 8.80. The summed E-state index contributed by atoms with van der Waals surface area (Å²) in [5.41, 5.74) is 0.895. The van der Waals surface area contributed by atoms with Crippen LogP contribution in [0, 0.1) is 11.8 Å². The van der Waals surface area contributed by atoms with Gasteiger partial charge in [-0.2, -0.15) is 0 Å². The van der Waals surface area contributed by atoms with Crippen LogP contribution in [0.2, 0.25) is 0 Å². The molecule has 0 spiro atoms. The Hall–Kier alpha value is -1.35. The molecule has 170 valence electrons. The largest absolute Gasteiger partial charge is 0.573 e. The number of hydrogen-bond donors (Lipinski definition) is 0. The normalized spacial score (nSPS) is 27.7. The smallest absolute Gasteiger partial charge is 0.406 e. The van der Waals surface area contributed by atoms with Crippen molar-refractivity contribution in [2.75, 3.05) is 26.4 Å². The molecular formula is C22H31F3O5. The zero-order valence-corrected chi connectivity index (χ0v) is 17.4. The summed E-state index contributed by atoms with van der Waals surface area (Å²) in [5.74, 6) is 0.301. The summed E-state index contributed by atoms with van der Waals surface area (Å²) in [7, 11) is 0. The van der Waals surface area contributed by atoms with Crippen LogP contribution in [-0.4, -0.2) is 45.4 Å². The van der Waals surface area contributed by atoms with Crippen LogP contribution >= 0.6 is 0 Å². The third kappa shape index (κ3) is 7.72. The number of benzene rings is 1. The summed E-state index contributed by atoms with van der Waals surface area (Å²) in [6.45, 7) is 4.66. The van der Waals surface area contributed by atoms with Gasteiger partial charge in [0.2, 0.25) is 0 Å². The van der Waals surface area contributed by atoms with Gasteiger partial charge in [-0.25, -0.2) is 0 Å². The van der Waals surface area contributed by atoms with Gasteiger partial charge < -0.3 is 23.7 Å². The van der Waals surface area contributed by atoms with Gasteiger partial charge in [0.1, 0.15) is 5.75 Å². The van der Waals surface area contributed by atoms with Crippen LogP contribution < -0.4 is 4.74 Å². The van der Waals surface area contributed by atoms with Crippen LogP contribution in [0.3, 0.4) is 0 Å². The molecule has 2 fully saturated rings. The summed E-state index contributed by atoms with van der Waals surface area (Å²) in [4.78, 5) is 0. The molecule has 2 saturated heterocycles. The number of rotatable bonds is 9. The van der Waals surface area contributed by atoms with E-state index in [2.05, 4.69) is 11.7 Å². The van der Waals surface area contributed by atoms with E-state index in [-0.39, 0.29) is 24.2 Å². The van der Waals surface area contributed by atoms with Gasteiger partial charge in [0.25, 0.3) is 0 Å². The van der Waals surface area contributed by atoms with E-state index in [4.69, 9.17) is 18.9 Å². The van der Waals surface area contributed by atoms with Crippen molar-refractivity contribution in [3.8, 4) is 5.75 Å². The molecule has 5 nitrogen and oxygen atoms in total. The third-order valence-corrected chi connectivity index (χ3v) is 5.41. The zero-order chi connectivity index (χ0) is 21.4. The van der Waals surface area contributed by atoms with Crippen LogP contribution in [0.25, 0.3) is 0 Å². The number of alkyl halides is 3. The number of hydrogen-bond acceptors (Lipinski definition) is 5. The lowest BCUT2D eigenvalue weighted by Gasteiger charge is -2.37. The van der Waals surface area contributed by atoms with Gasteiger partial charge in [0.15, 0.2) is 12.6 Å². The monoisotopic (exact) mass is 432 g/mol. The Bertz CT molecular complexity index is 606. The lowest BCUT2D eigenvalue weighted by atomic mass is 10.0. The molecule has 0 atom stereocenters. The Morgan fingerprint density at radius 1 is 0.900 bits per heavy atom. The van der Waals surface area contributed by atoms with Crippen molar-refractivity contribution in [1.82, 2.24) is 0 Å². The second-order valence-corrected chi connectivity index (χ2v) is 7.98. The molecule has 0 N–H and O–H groups in total.